The van der Waals surface area contributed by atoms with Crippen LogP contribution >= 0.6 is 11.3 Å². The molecule has 19 heavy (non-hydrogen) atoms. The van der Waals surface area contributed by atoms with Gasteiger partial charge in [0.2, 0.25) is 0 Å². The number of hydrogen-bond donors (Lipinski definition) is 1. The van der Waals surface area contributed by atoms with Gasteiger partial charge >= 0.3 is 5.97 Å². The van der Waals surface area contributed by atoms with E-state index in [0.29, 0.717) is 6.54 Å². The van der Waals surface area contributed by atoms with E-state index in [1.807, 2.05) is 13.0 Å². The largest absolute Gasteiger partial charge is 0.481 e. The molecule has 1 aromatic heterocycles. The number of thiophene rings is 1. The third kappa shape index (κ3) is 2.97. The van der Waals surface area contributed by atoms with Crippen LogP contribution in [0.25, 0.3) is 0 Å². The van der Waals surface area contributed by atoms with E-state index in [2.05, 4.69) is 6.92 Å². The molecule has 1 fully saturated rings. The Bertz CT molecular complexity index is 495. The molecule has 0 aliphatic carbocycles. The van der Waals surface area contributed by atoms with Crippen LogP contribution in [0, 0.1) is 6.92 Å². The fourth-order valence-electron chi connectivity index (χ4n) is 2.63. The minimum atomic E-state index is -0.832. The van der Waals surface area contributed by atoms with Gasteiger partial charge in [0, 0.05) is 17.5 Å². The van der Waals surface area contributed by atoms with Crippen molar-refractivity contribution in [3.8, 4) is 0 Å². The molecule has 1 N–H and O–H groups in total. The van der Waals surface area contributed by atoms with E-state index in [1.165, 1.54) is 21.8 Å². The first-order valence-corrected chi connectivity index (χ1v) is 7.46. The number of carbonyl (C=O) groups excluding carboxylic acids is 1. The SMILES string of the molecule is CCc1cc(C(=O)N2CCCC2CC(=O)O)sc1C. The third-order valence-corrected chi connectivity index (χ3v) is 4.74. The van der Waals surface area contributed by atoms with Crippen molar-refractivity contribution >= 4 is 23.2 Å². The predicted molar refractivity (Wildman–Crippen MR) is 74.7 cm³/mol. The van der Waals surface area contributed by atoms with Crippen molar-refractivity contribution in [1.82, 2.24) is 4.90 Å². The number of rotatable bonds is 4. The van der Waals surface area contributed by atoms with Gasteiger partial charge in [0.05, 0.1) is 11.3 Å². The fourth-order valence-corrected chi connectivity index (χ4v) is 3.70. The van der Waals surface area contributed by atoms with Crippen LogP contribution in [0.5, 0.6) is 0 Å². The summed E-state index contributed by atoms with van der Waals surface area (Å²) in [5.41, 5.74) is 1.21. The van der Waals surface area contributed by atoms with E-state index in [9.17, 15) is 9.59 Å². The molecule has 1 aromatic rings. The molecule has 0 spiro atoms. The number of carbonyl (C=O) groups is 2. The Morgan fingerprint density at radius 2 is 2.26 bits per heavy atom. The van der Waals surface area contributed by atoms with Crippen molar-refractivity contribution in [2.75, 3.05) is 6.54 Å². The Morgan fingerprint density at radius 1 is 1.53 bits per heavy atom. The summed E-state index contributed by atoms with van der Waals surface area (Å²) in [4.78, 5) is 27.0. The molecule has 1 unspecified atom stereocenters. The van der Waals surface area contributed by atoms with Crippen LogP contribution in [0.4, 0.5) is 0 Å². The van der Waals surface area contributed by atoms with E-state index in [-0.39, 0.29) is 18.4 Å². The maximum absolute atomic E-state index is 12.5. The molecule has 2 heterocycles. The van der Waals surface area contributed by atoms with Gasteiger partial charge in [-0.3, -0.25) is 9.59 Å². The molecule has 1 amide bonds. The Labute approximate surface area is 117 Å². The number of amides is 1. The lowest BCUT2D eigenvalue weighted by molar-refractivity contribution is -0.137. The lowest BCUT2D eigenvalue weighted by Crippen LogP contribution is -2.36. The Balaban J connectivity index is 2.15. The van der Waals surface area contributed by atoms with E-state index in [4.69, 9.17) is 5.11 Å². The second-order valence-corrected chi connectivity index (χ2v) is 6.19. The Kier molecular flexibility index (Phi) is 4.24. The van der Waals surface area contributed by atoms with Crippen LogP contribution in [0.1, 0.15) is 46.3 Å². The van der Waals surface area contributed by atoms with Gasteiger partial charge in [-0.2, -0.15) is 0 Å². The number of carboxylic acids is 1. The van der Waals surface area contributed by atoms with Gasteiger partial charge in [0.25, 0.3) is 5.91 Å². The minimum Gasteiger partial charge on any atom is -0.481 e. The molecule has 0 bridgehead atoms. The lowest BCUT2D eigenvalue weighted by atomic mass is 10.1. The molecule has 1 atom stereocenters. The minimum absolute atomic E-state index is 0.00319. The average Bonchev–Trinajstić information content (AvgIpc) is 2.94. The number of hydrogen-bond acceptors (Lipinski definition) is 3. The van der Waals surface area contributed by atoms with E-state index in [1.54, 1.807) is 4.90 Å². The van der Waals surface area contributed by atoms with E-state index < -0.39 is 5.97 Å². The molecule has 104 valence electrons. The molecule has 4 nitrogen and oxygen atoms in total. The van der Waals surface area contributed by atoms with Gasteiger partial charge in [-0.15, -0.1) is 11.3 Å². The third-order valence-electron chi connectivity index (χ3n) is 3.66. The molecule has 0 saturated carbocycles. The van der Waals surface area contributed by atoms with Gasteiger partial charge in [0.15, 0.2) is 0 Å². The van der Waals surface area contributed by atoms with Crippen LogP contribution in [-0.2, 0) is 11.2 Å². The summed E-state index contributed by atoms with van der Waals surface area (Å²) < 4.78 is 0. The zero-order valence-corrected chi connectivity index (χ0v) is 12.1. The average molecular weight is 281 g/mol. The van der Waals surface area contributed by atoms with Gasteiger partial charge < -0.3 is 10.0 Å². The summed E-state index contributed by atoms with van der Waals surface area (Å²) in [6.45, 7) is 4.78. The molecule has 1 aliphatic rings. The van der Waals surface area contributed by atoms with Gasteiger partial charge in [-0.05, 0) is 37.8 Å². The summed E-state index contributed by atoms with van der Waals surface area (Å²) >= 11 is 1.52. The van der Waals surface area contributed by atoms with Crippen molar-refractivity contribution in [1.29, 1.82) is 0 Å². The predicted octanol–water partition coefficient (Wildman–Crippen LogP) is 2.70. The summed E-state index contributed by atoms with van der Waals surface area (Å²) in [6, 6.07) is 1.82. The second-order valence-electron chi connectivity index (χ2n) is 4.94. The lowest BCUT2D eigenvalue weighted by Gasteiger charge is -2.22. The molecule has 5 heteroatoms. The number of carboxylic acid groups (broad SMARTS) is 1. The van der Waals surface area contributed by atoms with Crippen LogP contribution in [-0.4, -0.2) is 34.5 Å². The first-order chi connectivity index (χ1) is 9.02. The monoisotopic (exact) mass is 281 g/mol. The van der Waals surface area contributed by atoms with Crippen LogP contribution in [0.3, 0.4) is 0 Å². The molecular formula is C14H19NO3S. The molecule has 2 rings (SSSR count). The van der Waals surface area contributed by atoms with Crippen molar-refractivity contribution in [2.24, 2.45) is 0 Å². The van der Waals surface area contributed by atoms with Crippen molar-refractivity contribution in [2.45, 2.75) is 45.6 Å². The smallest absolute Gasteiger partial charge is 0.305 e. The first-order valence-electron chi connectivity index (χ1n) is 6.65. The second kappa shape index (κ2) is 5.74. The Hall–Kier alpha value is -1.36. The highest BCUT2D eigenvalue weighted by Crippen LogP contribution is 2.27. The van der Waals surface area contributed by atoms with Gasteiger partial charge in [-0.1, -0.05) is 6.92 Å². The summed E-state index contributed by atoms with van der Waals surface area (Å²) in [7, 11) is 0. The number of likely N-dealkylation sites (tertiary alicyclic amines) is 1. The van der Waals surface area contributed by atoms with E-state index >= 15 is 0 Å². The Morgan fingerprint density at radius 3 is 2.84 bits per heavy atom. The fraction of sp³-hybridized carbons (Fsp3) is 0.571. The molecule has 1 saturated heterocycles. The normalized spacial score (nSPS) is 18.8. The van der Waals surface area contributed by atoms with Gasteiger partial charge in [-0.25, -0.2) is 0 Å². The highest BCUT2D eigenvalue weighted by molar-refractivity contribution is 7.14. The first kappa shape index (κ1) is 14.1. The quantitative estimate of drug-likeness (QED) is 0.923. The summed E-state index contributed by atoms with van der Waals surface area (Å²) in [6.07, 6.45) is 2.67. The van der Waals surface area contributed by atoms with Crippen LogP contribution in [0.15, 0.2) is 6.07 Å². The molecule has 0 aromatic carbocycles. The van der Waals surface area contributed by atoms with Crippen molar-refractivity contribution in [3.63, 3.8) is 0 Å². The van der Waals surface area contributed by atoms with Gasteiger partial charge in [0.1, 0.15) is 0 Å². The van der Waals surface area contributed by atoms with Crippen LogP contribution in [0.2, 0.25) is 0 Å². The number of aliphatic carboxylic acids is 1. The zero-order chi connectivity index (χ0) is 14.0. The molecule has 0 radical (unpaired) electrons. The standard InChI is InChI=1S/C14H19NO3S/c1-3-10-7-12(19-9(10)2)14(18)15-6-4-5-11(15)8-13(16)17/h7,11H,3-6,8H2,1-2H3,(H,16,17). The highest BCUT2D eigenvalue weighted by Gasteiger charge is 2.31. The van der Waals surface area contributed by atoms with E-state index in [0.717, 1.165) is 24.1 Å². The molecular weight excluding hydrogens is 262 g/mol. The van der Waals surface area contributed by atoms with Crippen molar-refractivity contribution in [3.05, 3.63) is 21.4 Å². The highest BCUT2D eigenvalue weighted by atomic mass is 32.1. The number of nitrogens with zero attached hydrogens (tertiary/aromatic N) is 1. The topological polar surface area (TPSA) is 57.6 Å². The molecule has 1 aliphatic heterocycles. The maximum Gasteiger partial charge on any atom is 0.305 e. The summed E-state index contributed by atoms with van der Waals surface area (Å²) in [5, 5.41) is 8.89. The van der Waals surface area contributed by atoms with Crippen LogP contribution < -0.4 is 0 Å². The summed E-state index contributed by atoms with van der Waals surface area (Å²) in [5.74, 6) is -0.835. The van der Waals surface area contributed by atoms with Crippen molar-refractivity contribution < 1.29 is 14.7 Å². The number of aryl methyl sites for hydroxylation is 2. The zero-order valence-electron chi connectivity index (χ0n) is 11.3. The maximum atomic E-state index is 12.5.